The Morgan fingerprint density at radius 3 is 3.00 bits per heavy atom. The molecule has 1 aliphatic heterocycles. The molecule has 4 nitrogen and oxygen atoms in total. The molecule has 2 N–H and O–H groups in total. The van der Waals surface area contributed by atoms with E-state index in [2.05, 4.69) is 10.3 Å². The zero-order valence-corrected chi connectivity index (χ0v) is 6.37. The van der Waals surface area contributed by atoms with Crippen LogP contribution in [0.3, 0.4) is 0 Å². The minimum Gasteiger partial charge on any atom is -0.477 e. The highest BCUT2D eigenvalue weighted by molar-refractivity contribution is 5.85. The van der Waals surface area contributed by atoms with Gasteiger partial charge >= 0.3 is 5.97 Å². The molecule has 0 amide bonds. The molecular formula is C8H8N2O2. The number of rotatable bonds is 1. The second-order valence-corrected chi connectivity index (χ2v) is 2.75. The summed E-state index contributed by atoms with van der Waals surface area (Å²) in [5.74, 6) is -0.968. The van der Waals surface area contributed by atoms with Crippen molar-refractivity contribution in [1.29, 1.82) is 0 Å². The van der Waals surface area contributed by atoms with E-state index in [0.29, 0.717) is 0 Å². The van der Waals surface area contributed by atoms with Crippen LogP contribution in [0.25, 0.3) is 0 Å². The molecule has 0 unspecified atom stereocenters. The molecule has 4 heteroatoms. The number of nitrogens with one attached hydrogen (secondary N) is 1. The summed E-state index contributed by atoms with van der Waals surface area (Å²) in [5.41, 5.74) is 2.26. The van der Waals surface area contributed by atoms with Gasteiger partial charge in [-0.05, 0) is 17.2 Å². The van der Waals surface area contributed by atoms with Crippen LogP contribution in [0, 0.1) is 0 Å². The monoisotopic (exact) mass is 164 g/mol. The van der Waals surface area contributed by atoms with Gasteiger partial charge in [0.1, 0.15) is 5.69 Å². The van der Waals surface area contributed by atoms with E-state index in [1.165, 1.54) is 0 Å². The summed E-state index contributed by atoms with van der Waals surface area (Å²) in [7, 11) is 0. The number of aromatic nitrogens is 1. The van der Waals surface area contributed by atoms with Crippen LogP contribution in [0.1, 0.15) is 21.6 Å². The molecule has 0 radical (unpaired) electrons. The molecular weight excluding hydrogens is 156 g/mol. The zero-order chi connectivity index (χ0) is 8.55. The van der Waals surface area contributed by atoms with Crippen LogP contribution < -0.4 is 5.32 Å². The first-order valence-electron chi connectivity index (χ1n) is 3.69. The van der Waals surface area contributed by atoms with Gasteiger partial charge in [0, 0.05) is 19.3 Å². The van der Waals surface area contributed by atoms with Crippen molar-refractivity contribution in [3.05, 3.63) is 29.1 Å². The number of nitrogens with zero attached hydrogens (tertiary/aromatic N) is 1. The Kier molecular flexibility index (Phi) is 1.55. The van der Waals surface area contributed by atoms with Crippen molar-refractivity contribution in [2.45, 2.75) is 13.1 Å². The molecule has 2 heterocycles. The number of carboxylic acids is 1. The molecule has 0 fully saturated rings. The lowest BCUT2D eigenvalue weighted by molar-refractivity contribution is 0.0690. The Morgan fingerprint density at radius 1 is 1.50 bits per heavy atom. The second kappa shape index (κ2) is 2.57. The molecule has 0 saturated heterocycles. The molecule has 0 atom stereocenters. The van der Waals surface area contributed by atoms with Crippen molar-refractivity contribution in [3.8, 4) is 0 Å². The van der Waals surface area contributed by atoms with E-state index in [4.69, 9.17) is 5.11 Å². The molecule has 2 rings (SSSR count). The van der Waals surface area contributed by atoms with Crippen LogP contribution in [-0.4, -0.2) is 16.1 Å². The van der Waals surface area contributed by atoms with E-state index in [-0.39, 0.29) is 5.69 Å². The highest BCUT2D eigenvalue weighted by Gasteiger charge is 2.13. The van der Waals surface area contributed by atoms with Crippen molar-refractivity contribution in [1.82, 2.24) is 10.3 Å². The predicted octanol–water partition coefficient (Wildman–Crippen LogP) is 0.383. The minimum atomic E-state index is -0.968. The maximum atomic E-state index is 10.5. The van der Waals surface area contributed by atoms with Crippen molar-refractivity contribution in [3.63, 3.8) is 0 Å². The van der Waals surface area contributed by atoms with Crippen molar-refractivity contribution in [2.75, 3.05) is 0 Å². The van der Waals surface area contributed by atoms with Crippen molar-refractivity contribution >= 4 is 5.97 Å². The van der Waals surface area contributed by atoms with Gasteiger partial charge in [0.15, 0.2) is 0 Å². The fourth-order valence-electron chi connectivity index (χ4n) is 1.30. The Hall–Kier alpha value is -1.42. The van der Waals surface area contributed by atoms with Crippen molar-refractivity contribution in [2.24, 2.45) is 0 Å². The van der Waals surface area contributed by atoms with Gasteiger partial charge in [0.25, 0.3) is 0 Å². The lowest BCUT2D eigenvalue weighted by atomic mass is 10.1. The van der Waals surface area contributed by atoms with Gasteiger partial charge < -0.3 is 10.4 Å². The molecule has 0 spiro atoms. The molecule has 62 valence electrons. The SMILES string of the molecule is O=C(O)c1cc2c(cn1)CNC2. The number of fused-ring (bicyclic) bond motifs is 1. The number of hydrogen-bond donors (Lipinski definition) is 2. The third kappa shape index (κ3) is 1.06. The molecule has 0 bridgehead atoms. The molecule has 0 aliphatic carbocycles. The third-order valence-corrected chi connectivity index (χ3v) is 1.93. The Morgan fingerprint density at radius 2 is 2.25 bits per heavy atom. The number of hydrogen-bond acceptors (Lipinski definition) is 3. The summed E-state index contributed by atoms with van der Waals surface area (Å²) in [6, 6.07) is 1.62. The van der Waals surface area contributed by atoms with Crippen LogP contribution in [0.15, 0.2) is 12.3 Å². The Balaban J connectivity index is 2.45. The van der Waals surface area contributed by atoms with E-state index in [1.807, 2.05) is 0 Å². The van der Waals surface area contributed by atoms with Gasteiger partial charge in [-0.2, -0.15) is 0 Å². The largest absolute Gasteiger partial charge is 0.477 e. The lowest BCUT2D eigenvalue weighted by Crippen LogP contribution is -2.01. The molecule has 1 aromatic rings. The van der Waals surface area contributed by atoms with Gasteiger partial charge in [-0.15, -0.1) is 0 Å². The maximum Gasteiger partial charge on any atom is 0.354 e. The number of aromatic carboxylic acids is 1. The first-order chi connectivity index (χ1) is 5.77. The average Bonchev–Trinajstić information content (AvgIpc) is 2.49. The van der Waals surface area contributed by atoms with E-state index < -0.39 is 5.97 Å². The first kappa shape index (κ1) is 7.24. The fourth-order valence-corrected chi connectivity index (χ4v) is 1.30. The van der Waals surface area contributed by atoms with Gasteiger partial charge in [0.2, 0.25) is 0 Å². The standard InChI is InChI=1S/C8H8N2O2/c11-8(12)7-1-5-2-9-3-6(5)4-10-7/h1,4,9H,2-3H2,(H,11,12). The van der Waals surface area contributed by atoms with Gasteiger partial charge in [0.05, 0.1) is 0 Å². The van der Waals surface area contributed by atoms with Crippen LogP contribution in [0.4, 0.5) is 0 Å². The smallest absolute Gasteiger partial charge is 0.354 e. The summed E-state index contributed by atoms with van der Waals surface area (Å²) in [6.45, 7) is 1.54. The number of carboxylic acid groups (broad SMARTS) is 1. The van der Waals surface area contributed by atoms with E-state index >= 15 is 0 Å². The van der Waals surface area contributed by atoms with Gasteiger partial charge in [-0.25, -0.2) is 9.78 Å². The van der Waals surface area contributed by atoms with Gasteiger partial charge in [-0.3, -0.25) is 0 Å². The van der Waals surface area contributed by atoms with E-state index in [0.717, 1.165) is 24.2 Å². The Labute approximate surface area is 69.2 Å². The van der Waals surface area contributed by atoms with Crippen LogP contribution in [0.5, 0.6) is 0 Å². The second-order valence-electron chi connectivity index (χ2n) is 2.75. The molecule has 1 aliphatic rings. The molecule has 0 aromatic carbocycles. The molecule has 12 heavy (non-hydrogen) atoms. The fraction of sp³-hybridized carbons (Fsp3) is 0.250. The Bertz CT molecular complexity index is 336. The third-order valence-electron chi connectivity index (χ3n) is 1.93. The average molecular weight is 164 g/mol. The maximum absolute atomic E-state index is 10.5. The van der Waals surface area contributed by atoms with Crippen LogP contribution in [-0.2, 0) is 13.1 Å². The van der Waals surface area contributed by atoms with Crippen molar-refractivity contribution < 1.29 is 9.90 Å². The predicted molar refractivity (Wildman–Crippen MR) is 41.7 cm³/mol. The highest BCUT2D eigenvalue weighted by Crippen LogP contribution is 2.14. The number of pyridine rings is 1. The van der Waals surface area contributed by atoms with Crippen LogP contribution in [0.2, 0.25) is 0 Å². The van der Waals surface area contributed by atoms with E-state index in [9.17, 15) is 4.79 Å². The first-order valence-corrected chi connectivity index (χ1v) is 3.69. The summed E-state index contributed by atoms with van der Waals surface area (Å²) in [5, 5.41) is 11.8. The van der Waals surface area contributed by atoms with E-state index in [1.54, 1.807) is 12.3 Å². The summed E-state index contributed by atoms with van der Waals surface area (Å²) >= 11 is 0. The highest BCUT2D eigenvalue weighted by atomic mass is 16.4. The normalized spacial score (nSPS) is 14.3. The number of carbonyl (C=O) groups is 1. The quantitative estimate of drug-likeness (QED) is 0.630. The summed E-state index contributed by atoms with van der Waals surface area (Å²) < 4.78 is 0. The molecule has 1 aromatic heterocycles. The van der Waals surface area contributed by atoms with Crippen LogP contribution >= 0.6 is 0 Å². The summed E-state index contributed by atoms with van der Waals surface area (Å²) in [6.07, 6.45) is 1.62. The minimum absolute atomic E-state index is 0.123. The zero-order valence-electron chi connectivity index (χ0n) is 6.37. The summed E-state index contributed by atoms with van der Waals surface area (Å²) in [4.78, 5) is 14.3. The topological polar surface area (TPSA) is 62.2 Å². The molecule has 0 saturated carbocycles. The van der Waals surface area contributed by atoms with Gasteiger partial charge in [-0.1, -0.05) is 0 Å². The lowest BCUT2D eigenvalue weighted by Gasteiger charge is -1.97.